The van der Waals surface area contributed by atoms with Gasteiger partial charge in [-0.25, -0.2) is 4.98 Å². The van der Waals surface area contributed by atoms with Crippen LogP contribution >= 0.6 is 0 Å². The highest BCUT2D eigenvalue weighted by Crippen LogP contribution is 2.15. The molecule has 0 bridgehead atoms. The summed E-state index contributed by atoms with van der Waals surface area (Å²) in [5.41, 5.74) is 5.59. The summed E-state index contributed by atoms with van der Waals surface area (Å²) in [4.78, 5) is 11.0. The van der Waals surface area contributed by atoms with E-state index >= 15 is 0 Å². The molecule has 0 aliphatic rings. The molecule has 1 rings (SSSR count). The third-order valence-corrected chi connectivity index (χ3v) is 2.47. The second-order valence-corrected chi connectivity index (χ2v) is 5.34. The van der Waals surface area contributed by atoms with E-state index in [1.807, 2.05) is 13.8 Å². The fourth-order valence-corrected chi connectivity index (χ4v) is 1.79. The zero-order valence-electron chi connectivity index (χ0n) is 12.5. The Morgan fingerprint density at radius 2 is 2.05 bits per heavy atom. The molecule has 0 unspecified atom stereocenters. The summed E-state index contributed by atoms with van der Waals surface area (Å²) in [5, 5.41) is 0. The van der Waals surface area contributed by atoms with Gasteiger partial charge in [0, 0.05) is 25.4 Å². The Kier molecular flexibility index (Phi) is 6.56. The van der Waals surface area contributed by atoms with E-state index in [0.29, 0.717) is 18.3 Å². The Balaban J connectivity index is 2.81. The zero-order chi connectivity index (χ0) is 14.3. The minimum Gasteiger partial charge on any atom is -0.475 e. The van der Waals surface area contributed by atoms with Crippen molar-refractivity contribution >= 4 is 5.95 Å². The van der Waals surface area contributed by atoms with Crippen LogP contribution in [-0.2, 0) is 0 Å². The molecule has 1 aromatic heterocycles. The maximum absolute atomic E-state index is 5.61. The fraction of sp³-hybridized carbons (Fsp3) is 0.714. The maximum atomic E-state index is 5.61. The molecule has 0 fully saturated rings. The largest absolute Gasteiger partial charge is 0.475 e. The molecule has 19 heavy (non-hydrogen) atoms. The quantitative estimate of drug-likeness (QED) is 0.780. The molecule has 1 heterocycles. The summed E-state index contributed by atoms with van der Waals surface area (Å²) in [6, 6.07) is 1.79. The number of anilines is 1. The fourth-order valence-electron chi connectivity index (χ4n) is 1.79. The lowest BCUT2D eigenvalue weighted by Gasteiger charge is -2.24. The van der Waals surface area contributed by atoms with Crippen molar-refractivity contribution in [3.8, 4) is 5.88 Å². The molecule has 108 valence electrons. The molecule has 0 aliphatic heterocycles. The Morgan fingerprint density at radius 1 is 1.32 bits per heavy atom. The van der Waals surface area contributed by atoms with Crippen molar-refractivity contribution in [3.05, 3.63) is 12.3 Å². The van der Waals surface area contributed by atoms with E-state index in [1.165, 1.54) is 0 Å². The van der Waals surface area contributed by atoms with Gasteiger partial charge in [-0.3, -0.25) is 0 Å². The molecule has 0 saturated heterocycles. The van der Waals surface area contributed by atoms with Gasteiger partial charge in [0.2, 0.25) is 11.8 Å². The lowest BCUT2D eigenvalue weighted by atomic mass is 10.2. The molecule has 0 spiro atoms. The van der Waals surface area contributed by atoms with Crippen molar-refractivity contribution in [1.29, 1.82) is 0 Å². The number of aromatic nitrogens is 2. The van der Waals surface area contributed by atoms with Gasteiger partial charge in [0.15, 0.2) is 0 Å². The third kappa shape index (κ3) is 5.87. The average Bonchev–Trinajstić information content (AvgIpc) is 2.33. The van der Waals surface area contributed by atoms with E-state index < -0.39 is 0 Å². The van der Waals surface area contributed by atoms with Crippen LogP contribution in [0.3, 0.4) is 0 Å². The van der Waals surface area contributed by atoms with Crippen LogP contribution in [0, 0.1) is 5.92 Å². The first-order valence-electron chi connectivity index (χ1n) is 6.97. The van der Waals surface area contributed by atoms with Gasteiger partial charge in [-0.1, -0.05) is 13.8 Å². The van der Waals surface area contributed by atoms with Crippen LogP contribution in [0.5, 0.6) is 5.88 Å². The van der Waals surface area contributed by atoms with Gasteiger partial charge in [-0.15, -0.1) is 0 Å². The SMILES string of the molecule is CC(C)CN(CCCN)c1nccc(OC(C)C)n1. The Hall–Kier alpha value is -1.36. The molecule has 5 nitrogen and oxygen atoms in total. The smallest absolute Gasteiger partial charge is 0.228 e. The topological polar surface area (TPSA) is 64.3 Å². The van der Waals surface area contributed by atoms with E-state index in [1.54, 1.807) is 12.3 Å². The van der Waals surface area contributed by atoms with Gasteiger partial charge >= 0.3 is 0 Å². The van der Waals surface area contributed by atoms with Gasteiger partial charge < -0.3 is 15.4 Å². The summed E-state index contributed by atoms with van der Waals surface area (Å²) < 4.78 is 5.61. The van der Waals surface area contributed by atoms with Gasteiger partial charge in [-0.05, 0) is 32.7 Å². The lowest BCUT2D eigenvalue weighted by molar-refractivity contribution is 0.232. The molecule has 0 amide bonds. The van der Waals surface area contributed by atoms with Gasteiger partial charge in [0.05, 0.1) is 6.10 Å². The lowest BCUT2D eigenvalue weighted by Crippen LogP contribution is -2.31. The minimum atomic E-state index is 0.116. The molecule has 0 aliphatic carbocycles. The monoisotopic (exact) mass is 266 g/mol. The number of ether oxygens (including phenoxy) is 1. The summed E-state index contributed by atoms with van der Waals surface area (Å²) in [7, 11) is 0. The maximum Gasteiger partial charge on any atom is 0.228 e. The van der Waals surface area contributed by atoms with E-state index in [9.17, 15) is 0 Å². The van der Waals surface area contributed by atoms with E-state index in [0.717, 1.165) is 25.5 Å². The predicted octanol–water partition coefficient (Wildman–Crippen LogP) is 2.08. The zero-order valence-corrected chi connectivity index (χ0v) is 12.5. The summed E-state index contributed by atoms with van der Waals surface area (Å²) >= 11 is 0. The van der Waals surface area contributed by atoms with Crippen LogP contribution in [0.25, 0.3) is 0 Å². The Morgan fingerprint density at radius 3 is 2.63 bits per heavy atom. The molecule has 5 heteroatoms. The average molecular weight is 266 g/mol. The van der Waals surface area contributed by atoms with Crippen LogP contribution in [0.2, 0.25) is 0 Å². The van der Waals surface area contributed by atoms with Crippen molar-refractivity contribution in [2.45, 2.75) is 40.2 Å². The number of nitrogens with zero attached hydrogens (tertiary/aromatic N) is 3. The second-order valence-electron chi connectivity index (χ2n) is 5.34. The van der Waals surface area contributed by atoms with Crippen LogP contribution in [0.15, 0.2) is 12.3 Å². The van der Waals surface area contributed by atoms with Crippen LogP contribution in [0.1, 0.15) is 34.1 Å². The molecule has 0 radical (unpaired) electrons. The van der Waals surface area contributed by atoms with Gasteiger partial charge in [-0.2, -0.15) is 4.98 Å². The van der Waals surface area contributed by atoms with Crippen molar-refractivity contribution in [3.63, 3.8) is 0 Å². The van der Waals surface area contributed by atoms with Gasteiger partial charge in [0.1, 0.15) is 0 Å². The first kappa shape index (κ1) is 15.7. The molecule has 1 aromatic rings. The standard InChI is InChI=1S/C14H26N4O/c1-11(2)10-18(9-5-7-15)14-16-8-6-13(17-14)19-12(3)4/h6,8,11-12H,5,7,9-10,15H2,1-4H3. The normalized spacial score (nSPS) is 11.1. The first-order valence-corrected chi connectivity index (χ1v) is 6.97. The Labute approximate surface area is 116 Å². The molecule has 2 N–H and O–H groups in total. The van der Waals surface area contributed by atoms with Crippen molar-refractivity contribution in [2.24, 2.45) is 11.7 Å². The minimum absolute atomic E-state index is 0.116. The molecule has 0 atom stereocenters. The number of rotatable bonds is 8. The van der Waals surface area contributed by atoms with Gasteiger partial charge in [0.25, 0.3) is 0 Å². The highest BCUT2D eigenvalue weighted by molar-refractivity contribution is 5.32. The summed E-state index contributed by atoms with van der Waals surface area (Å²) in [5.74, 6) is 1.90. The molecule has 0 saturated carbocycles. The Bertz CT molecular complexity index is 368. The van der Waals surface area contributed by atoms with Crippen LogP contribution in [-0.4, -0.2) is 35.7 Å². The van der Waals surface area contributed by atoms with E-state index in [4.69, 9.17) is 10.5 Å². The van der Waals surface area contributed by atoms with E-state index in [2.05, 4.69) is 28.7 Å². The summed E-state index contributed by atoms with van der Waals surface area (Å²) in [6.45, 7) is 10.8. The van der Waals surface area contributed by atoms with Crippen LogP contribution in [0.4, 0.5) is 5.95 Å². The van der Waals surface area contributed by atoms with Crippen LogP contribution < -0.4 is 15.4 Å². The number of hydrogen-bond donors (Lipinski definition) is 1. The highest BCUT2D eigenvalue weighted by Gasteiger charge is 2.12. The molecular formula is C14H26N4O. The third-order valence-electron chi connectivity index (χ3n) is 2.47. The van der Waals surface area contributed by atoms with Crippen molar-refractivity contribution in [1.82, 2.24) is 9.97 Å². The van der Waals surface area contributed by atoms with Crippen molar-refractivity contribution in [2.75, 3.05) is 24.5 Å². The number of hydrogen-bond acceptors (Lipinski definition) is 5. The molecular weight excluding hydrogens is 240 g/mol. The van der Waals surface area contributed by atoms with Crippen molar-refractivity contribution < 1.29 is 4.74 Å². The first-order chi connectivity index (χ1) is 9.02. The highest BCUT2D eigenvalue weighted by atomic mass is 16.5. The second kappa shape index (κ2) is 7.94. The number of nitrogens with two attached hydrogens (primary N) is 1. The summed E-state index contributed by atoms with van der Waals surface area (Å²) in [6.07, 6.45) is 2.80. The predicted molar refractivity (Wildman–Crippen MR) is 78.5 cm³/mol. The van der Waals surface area contributed by atoms with E-state index in [-0.39, 0.29) is 6.10 Å². The molecule has 0 aromatic carbocycles.